The Kier molecular flexibility index (Phi) is 11.5. The van der Waals surface area contributed by atoms with E-state index in [9.17, 15) is 14.4 Å². The van der Waals surface area contributed by atoms with Gasteiger partial charge in [0.2, 0.25) is 11.8 Å². The standard InChI is InChI=1S/C36H39N3O4/c1-3-26-15-17-29(18-16-26)25-37-35(41)32(23-27-11-7-5-8-12-27)39-36(42)33(38-34(40)30-13-9-6-10-14-30)24-28-19-21-31(22-20-28)43-4-2/h5-22,32-33H,3-4,23-25H2,1-2H3,(H,37,41)(H,38,40)(H,39,42)/t32-,33+/m0/s1. The van der Waals surface area contributed by atoms with Crippen LogP contribution in [0.4, 0.5) is 0 Å². The molecular formula is C36H39N3O4. The van der Waals surface area contributed by atoms with Gasteiger partial charge in [-0.15, -0.1) is 0 Å². The van der Waals surface area contributed by atoms with Gasteiger partial charge in [0.15, 0.2) is 0 Å². The van der Waals surface area contributed by atoms with Crippen molar-refractivity contribution in [3.8, 4) is 5.75 Å². The molecule has 3 N–H and O–H groups in total. The highest BCUT2D eigenvalue weighted by Crippen LogP contribution is 2.15. The number of hydrogen-bond acceptors (Lipinski definition) is 4. The molecule has 0 aliphatic rings. The number of carbonyl (C=O) groups is 3. The van der Waals surface area contributed by atoms with E-state index in [0.717, 1.165) is 28.9 Å². The lowest BCUT2D eigenvalue weighted by molar-refractivity contribution is -0.130. The van der Waals surface area contributed by atoms with Gasteiger partial charge in [-0.2, -0.15) is 0 Å². The third-order valence-corrected chi connectivity index (χ3v) is 7.15. The summed E-state index contributed by atoms with van der Waals surface area (Å²) >= 11 is 0. The molecule has 0 aromatic heterocycles. The van der Waals surface area contributed by atoms with Crippen molar-refractivity contribution in [3.05, 3.63) is 137 Å². The fraction of sp³-hybridized carbons (Fsp3) is 0.250. The summed E-state index contributed by atoms with van der Waals surface area (Å²) in [6.07, 6.45) is 1.48. The number of ether oxygens (including phenoxy) is 1. The molecule has 222 valence electrons. The van der Waals surface area contributed by atoms with E-state index in [1.54, 1.807) is 24.3 Å². The zero-order chi connectivity index (χ0) is 30.4. The second-order valence-corrected chi connectivity index (χ2v) is 10.3. The molecule has 0 bridgehead atoms. The number of amides is 3. The first-order valence-corrected chi connectivity index (χ1v) is 14.7. The molecule has 3 amide bonds. The van der Waals surface area contributed by atoms with Crippen LogP contribution in [0.15, 0.2) is 109 Å². The van der Waals surface area contributed by atoms with Crippen molar-refractivity contribution in [2.24, 2.45) is 0 Å². The van der Waals surface area contributed by atoms with Gasteiger partial charge in [-0.05, 0) is 59.9 Å². The lowest BCUT2D eigenvalue weighted by Crippen LogP contribution is -2.55. The highest BCUT2D eigenvalue weighted by Gasteiger charge is 2.27. The quantitative estimate of drug-likeness (QED) is 0.196. The van der Waals surface area contributed by atoms with Crippen molar-refractivity contribution >= 4 is 17.7 Å². The number of nitrogens with one attached hydrogen (secondary N) is 3. The molecule has 0 aliphatic carbocycles. The monoisotopic (exact) mass is 577 g/mol. The van der Waals surface area contributed by atoms with Crippen molar-refractivity contribution in [1.82, 2.24) is 16.0 Å². The summed E-state index contributed by atoms with van der Waals surface area (Å²) in [6, 6.07) is 32.0. The zero-order valence-corrected chi connectivity index (χ0v) is 24.7. The van der Waals surface area contributed by atoms with Gasteiger partial charge in [0.25, 0.3) is 5.91 Å². The summed E-state index contributed by atoms with van der Waals surface area (Å²) in [5.74, 6) is -0.386. The SMILES string of the molecule is CCOc1ccc(C[C@@H](NC(=O)c2ccccc2)C(=O)N[C@@H](Cc2ccccc2)C(=O)NCc2ccc(CC)cc2)cc1. The Bertz CT molecular complexity index is 1460. The first-order valence-electron chi connectivity index (χ1n) is 14.7. The molecule has 4 rings (SSSR count). The van der Waals surface area contributed by atoms with Gasteiger partial charge in [-0.25, -0.2) is 0 Å². The molecule has 0 spiro atoms. The molecule has 4 aromatic carbocycles. The fourth-order valence-electron chi connectivity index (χ4n) is 4.70. The minimum Gasteiger partial charge on any atom is -0.494 e. The minimum absolute atomic E-state index is 0.236. The van der Waals surface area contributed by atoms with Gasteiger partial charge in [-0.1, -0.05) is 91.9 Å². The summed E-state index contributed by atoms with van der Waals surface area (Å²) in [6.45, 7) is 4.90. The number of rotatable bonds is 14. The van der Waals surface area contributed by atoms with Crippen molar-refractivity contribution in [3.63, 3.8) is 0 Å². The van der Waals surface area contributed by atoms with Crippen molar-refractivity contribution in [2.45, 2.75) is 51.7 Å². The molecule has 43 heavy (non-hydrogen) atoms. The first-order chi connectivity index (χ1) is 20.9. The second kappa shape index (κ2) is 15.9. The van der Waals surface area contributed by atoms with Gasteiger partial charge in [0, 0.05) is 24.9 Å². The van der Waals surface area contributed by atoms with E-state index >= 15 is 0 Å². The normalized spacial score (nSPS) is 12.0. The predicted octanol–water partition coefficient (Wildman–Crippen LogP) is 5.03. The van der Waals surface area contributed by atoms with Gasteiger partial charge in [-0.3, -0.25) is 14.4 Å². The molecule has 7 heteroatoms. The van der Waals surface area contributed by atoms with Crippen LogP contribution in [0.25, 0.3) is 0 Å². The molecule has 0 fully saturated rings. The summed E-state index contributed by atoms with van der Waals surface area (Å²) < 4.78 is 5.54. The van der Waals surface area contributed by atoms with Gasteiger partial charge in [0.05, 0.1) is 6.61 Å². The van der Waals surface area contributed by atoms with E-state index in [1.807, 2.05) is 91.9 Å². The first kappa shape index (κ1) is 31.0. The zero-order valence-electron chi connectivity index (χ0n) is 24.7. The molecule has 0 saturated heterocycles. The Morgan fingerprint density at radius 3 is 1.74 bits per heavy atom. The van der Waals surface area contributed by atoms with Crippen LogP contribution in [0.1, 0.15) is 46.5 Å². The van der Waals surface area contributed by atoms with Crippen molar-refractivity contribution < 1.29 is 19.1 Å². The Morgan fingerprint density at radius 2 is 1.14 bits per heavy atom. The van der Waals surface area contributed by atoms with Gasteiger partial charge >= 0.3 is 0 Å². The number of benzene rings is 4. The smallest absolute Gasteiger partial charge is 0.251 e. The third-order valence-electron chi connectivity index (χ3n) is 7.15. The van der Waals surface area contributed by atoms with E-state index in [0.29, 0.717) is 25.1 Å². The summed E-state index contributed by atoms with van der Waals surface area (Å²) in [7, 11) is 0. The maximum absolute atomic E-state index is 13.8. The van der Waals surface area contributed by atoms with Crippen LogP contribution in [-0.2, 0) is 35.4 Å². The van der Waals surface area contributed by atoms with Crippen LogP contribution in [0.2, 0.25) is 0 Å². The van der Waals surface area contributed by atoms with Gasteiger partial charge in [0.1, 0.15) is 17.8 Å². The minimum atomic E-state index is -0.918. The lowest BCUT2D eigenvalue weighted by atomic mass is 10.0. The van der Waals surface area contributed by atoms with E-state index in [2.05, 4.69) is 22.9 Å². The maximum Gasteiger partial charge on any atom is 0.251 e. The fourth-order valence-corrected chi connectivity index (χ4v) is 4.70. The Hall–Kier alpha value is -4.91. The molecule has 2 atom stereocenters. The van der Waals surface area contributed by atoms with E-state index in [-0.39, 0.29) is 18.2 Å². The summed E-state index contributed by atoms with van der Waals surface area (Å²) in [5.41, 5.74) is 4.39. The van der Waals surface area contributed by atoms with Crippen molar-refractivity contribution in [2.75, 3.05) is 6.61 Å². The number of aryl methyl sites for hydroxylation is 1. The van der Waals surface area contributed by atoms with E-state index in [1.165, 1.54) is 5.56 Å². The topological polar surface area (TPSA) is 96.5 Å². The lowest BCUT2D eigenvalue weighted by Gasteiger charge is -2.24. The highest BCUT2D eigenvalue weighted by atomic mass is 16.5. The van der Waals surface area contributed by atoms with Gasteiger partial charge < -0.3 is 20.7 Å². The number of carbonyl (C=O) groups excluding carboxylic acids is 3. The molecule has 0 unspecified atom stereocenters. The number of hydrogen-bond donors (Lipinski definition) is 3. The van der Waals surface area contributed by atoms with Crippen LogP contribution < -0.4 is 20.7 Å². The molecule has 0 aliphatic heterocycles. The summed E-state index contributed by atoms with van der Waals surface area (Å²) in [4.78, 5) is 40.4. The Morgan fingerprint density at radius 1 is 0.605 bits per heavy atom. The van der Waals surface area contributed by atoms with Crippen LogP contribution in [0.5, 0.6) is 5.75 Å². The largest absolute Gasteiger partial charge is 0.494 e. The molecule has 0 saturated carbocycles. The molecular weight excluding hydrogens is 538 g/mol. The van der Waals surface area contributed by atoms with Crippen LogP contribution >= 0.6 is 0 Å². The van der Waals surface area contributed by atoms with Crippen LogP contribution in [0.3, 0.4) is 0 Å². The van der Waals surface area contributed by atoms with Crippen LogP contribution in [0, 0.1) is 0 Å². The van der Waals surface area contributed by atoms with E-state index < -0.39 is 18.0 Å². The molecule has 4 aromatic rings. The average molecular weight is 578 g/mol. The average Bonchev–Trinajstić information content (AvgIpc) is 3.05. The molecule has 0 radical (unpaired) electrons. The van der Waals surface area contributed by atoms with Crippen molar-refractivity contribution in [1.29, 1.82) is 0 Å². The second-order valence-electron chi connectivity index (χ2n) is 10.3. The van der Waals surface area contributed by atoms with E-state index in [4.69, 9.17) is 4.74 Å². The summed E-state index contributed by atoms with van der Waals surface area (Å²) in [5, 5.41) is 8.80. The molecule has 0 heterocycles. The van der Waals surface area contributed by atoms with Crippen LogP contribution in [-0.4, -0.2) is 36.4 Å². The molecule has 7 nitrogen and oxygen atoms in total. The highest BCUT2D eigenvalue weighted by molar-refractivity contribution is 5.98. The Labute approximate surface area is 253 Å². The third kappa shape index (κ3) is 9.57. The predicted molar refractivity (Wildman–Crippen MR) is 169 cm³/mol. The Balaban J connectivity index is 1.53. The maximum atomic E-state index is 13.8.